The molecule has 0 amide bonds. The predicted octanol–water partition coefficient (Wildman–Crippen LogP) is 3.58. The van der Waals surface area contributed by atoms with Gasteiger partial charge in [-0.3, -0.25) is 0 Å². The van der Waals surface area contributed by atoms with Crippen molar-refractivity contribution in [2.75, 3.05) is 7.11 Å². The maximum atomic E-state index is 5.27. The van der Waals surface area contributed by atoms with Crippen LogP contribution in [0, 0.1) is 5.92 Å². The Morgan fingerprint density at radius 3 is 2.46 bits per heavy atom. The van der Waals surface area contributed by atoms with Gasteiger partial charge in [-0.25, -0.2) is 0 Å². The third kappa shape index (κ3) is 2.89. The Morgan fingerprint density at radius 2 is 2.08 bits per heavy atom. The number of methoxy groups -OCH3 is 1. The summed E-state index contributed by atoms with van der Waals surface area (Å²) >= 11 is 1.81. The van der Waals surface area contributed by atoms with Gasteiger partial charge in [0.2, 0.25) is 0 Å². The molecule has 1 aliphatic rings. The van der Waals surface area contributed by atoms with E-state index in [-0.39, 0.29) is 6.10 Å². The molecule has 0 aromatic carbocycles. The largest absolute Gasteiger partial charge is 0.377 e. The minimum atomic E-state index is 0.245. The summed E-state index contributed by atoms with van der Waals surface area (Å²) in [4.78, 5) is 1.34. The lowest BCUT2D eigenvalue weighted by Crippen LogP contribution is -2.08. The Bertz CT molecular complexity index is 228. The molecule has 1 nitrogen and oxygen atoms in total. The summed E-state index contributed by atoms with van der Waals surface area (Å²) in [5.74, 6) is 0.670. The topological polar surface area (TPSA) is 9.23 Å². The Balaban J connectivity index is 2.53. The number of allylic oxidation sites excluding steroid dienone is 2. The predicted molar refractivity (Wildman–Crippen MR) is 59.7 cm³/mol. The molecule has 0 saturated carbocycles. The van der Waals surface area contributed by atoms with Gasteiger partial charge in [-0.05, 0) is 24.7 Å². The van der Waals surface area contributed by atoms with Gasteiger partial charge in [-0.2, -0.15) is 0 Å². The van der Waals surface area contributed by atoms with Crippen molar-refractivity contribution in [2.45, 2.75) is 33.3 Å². The fourth-order valence-electron chi connectivity index (χ4n) is 1.21. The van der Waals surface area contributed by atoms with Crippen LogP contribution in [0.4, 0.5) is 0 Å². The van der Waals surface area contributed by atoms with Crippen LogP contribution < -0.4 is 0 Å². The van der Waals surface area contributed by atoms with Gasteiger partial charge in [0.05, 0.1) is 6.10 Å². The summed E-state index contributed by atoms with van der Waals surface area (Å²) in [5, 5.41) is 2.27. The molecule has 0 aromatic heterocycles. The van der Waals surface area contributed by atoms with Crippen molar-refractivity contribution in [3.05, 3.63) is 22.0 Å². The van der Waals surface area contributed by atoms with Crippen LogP contribution in [-0.2, 0) is 4.74 Å². The number of rotatable bonds is 3. The van der Waals surface area contributed by atoms with Crippen molar-refractivity contribution in [3.63, 3.8) is 0 Å². The van der Waals surface area contributed by atoms with Crippen LogP contribution in [0.2, 0.25) is 0 Å². The first-order chi connectivity index (χ1) is 6.15. The molecule has 0 aliphatic carbocycles. The fraction of sp³-hybridized carbons (Fsp3) is 0.636. The fourth-order valence-corrected chi connectivity index (χ4v) is 2.33. The van der Waals surface area contributed by atoms with E-state index in [1.54, 1.807) is 18.9 Å². The average molecular weight is 198 g/mol. The SMILES string of the molecule is COC(C)C1=CCC(C(C)C)=CS1. The van der Waals surface area contributed by atoms with Crippen LogP contribution in [0.3, 0.4) is 0 Å². The molecule has 0 bridgehead atoms. The van der Waals surface area contributed by atoms with E-state index in [0.29, 0.717) is 5.92 Å². The molecular formula is C11H18OS. The van der Waals surface area contributed by atoms with Crippen molar-refractivity contribution >= 4 is 11.8 Å². The Morgan fingerprint density at radius 1 is 1.38 bits per heavy atom. The molecule has 13 heavy (non-hydrogen) atoms. The molecule has 0 spiro atoms. The molecule has 1 unspecified atom stereocenters. The smallest absolute Gasteiger partial charge is 0.0851 e. The number of hydrogen-bond acceptors (Lipinski definition) is 2. The first kappa shape index (κ1) is 10.9. The van der Waals surface area contributed by atoms with Crippen LogP contribution in [0.25, 0.3) is 0 Å². The van der Waals surface area contributed by atoms with Crippen LogP contribution in [-0.4, -0.2) is 13.2 Å². The maximum Gasteiger partial charge on any atom is 0.0851 e. The highest BCUT2D eigenvalue weighted by Gasteiger charge is 2.13. The lowest BCUT2D eigenvalue weighted by atomic mass is 10.0. The van der Waals surface area contributed by atoms with Crippen LogP contribution in [0.5, 0.6) is 0 Å². The Labute approximate surface area is 85.2 Å². The summed E-state index contributed by atoms with van der Waals surface area (Å²) in [7, 11) is 1.76. The van der Waals surface area contributed by atoms with E-state index in [2.05, 4.69) is 32.3 Å². The van der Waals surface area contributed by atoms with Crippen molar-refractivity contribution < 1.29 is 4.74 Å². The quantitative estimate of drug-likeness (QED) is 0.685. The number of thioether (sulfide) groups is 1. The van der Waals surface area contributed by atoms with Gasteiger partial charge in [-0.1, -0.05) is 25.5 Å². The molecule has 0 radical (unpaired) electrons. The van der Waals surface area contributed by atoms with Crippen molar-refractivity contribution in [3.8, 4) is 0 Å². The molecule has 0 aromatic rings. The van der Waals surface area contributed by atoms with E-state index < -0.39 is 0 Å². The molecular weight excluding hydrogens is 180 g/mol. The zero-order chi connectivity index (χ0) is 9.84. The second-order valence-corrected chi connectivity index (χ2v) is 4.60. The lowest BCUT2D eigenvalue weighted by molar-refractivity contribution is 0.153. The number of ether oxygens (including phenoxy) is 1. The van der Waals surface area contributed by atoms with E-state index in [1.807, 2.05) is 0 Å². The summed E-state index contributed by atoms with van der Waals surface area (Å²) in [6.45, 7) is 6.57. The monoisotopic (exact) mass is 198 g/mol. The second-order valence-electron chi connectivity index (χ2n) is 3.65. The highest BCUT2D eigenvalue weighted by atomic mass is 32.2. The molecule has 0 fully saturated rings. The molecule has 2 heteroatoms. The third-order valence-electron chi connectivity index (χ3n) is 2.38. The summed E-state index contributed by atoms with van der Waals surface area (Å²) in [6, 6.07) is 0. The highest BCUT2D eigenvalue weighted by molar-refractivity contribution is 8.05. The first-order valence-electron chi connectivity index (χ1n) is 4.73. The van der Waals surface area contributed by atoms with Crippen molar-refractivity contribution in [1.29, 1.82) is 0 Å². The number of hydrogen-bond donors (Lipinski definition) is 0. The molecule has 1 rings (SSSR count). The zero-order valence-corrected chi connectivity index (χ0v) is 9.65. The zero-order valence-electron chi connectivity index (χ0n) is 8.83. The minimum absolute atomic E-state index is 0.245. The summed E-state index contributed by atoms with van der Waals surface area (Å²) < 4.78 is 5.27. The molecule has 1 aliphatic heterocycles. The van der Waals surface area contributed by atoms with E-state index in [0.717, 1.165) is 6.42 Å². The van der Waals surface area contributed by atoms with Gasteiger partial charge in [0.15, 0.2) is 0 Å². The normalized spacial score (nSPS) is 19.8. The van der Waals surface area contributed by atoms with Gasteiger partial charge in [0, 0.05) is 12.0 Å². The third-order valence-corrected chi connectivity index (χ3v) is 3.57. The van der Waals surface area contributed by atoms with Crippen LogP contribution in [0.1, 0.15) is 27.2 Å². The molecule has 1 atom stereocenters. The lowest BCUT2D eigenvalue weighted by Gasteiger charge is -2.19. The second kappa shape index (κ2) is 4.87. The summed E-state index contributed by atoms with van der Waals surface area (Å²) in [6.07, 6.45) is 3.62. The average Bonchev–Trinajstić information content (AvgIpc) is 2.17. The van der Waals surface area contributed by atoms with Gasteiger partial charge < -0.3 is 4.74 Å². The van der Waals surface area contributed by atoms with Gasteiger partial charge in [0.25, 0.3) is 0 Å². The molecule has 0 saturated heterocycles. The van der Waals surface area contributed by atoms with Gasteiger partial charge in [0.1, 0.15) is 0 Å². The standard InChI is InChI=1S/C11H18OS/c1-8(2)10-5-6-11(13-7-10)9(3)12-4/h6-9H,5H2,1-4H3. The van der Waals surface area contributed by atoms with Crippen LogP contribution in [0.15, 0.2) is 22.0 Å². The first-order valence-corrected chi connectivity index (χ1v) is 5.61. The summed E-state index contributed by atoms with van der Waals surface area (Å²) in [5.41, 5.74) is 1.53. The minimum Gasteiger partial charge on any atom is -0.377 e. The van der Waals surface area contributed by atoms with E-state index in [1.165, 1.54) is 10.5 Å². The maximum absolute atomic E-state index is 5.27. The van der Waals surface area contributed by atoms with E-state index in [9.17, 15) is 0 Å². The van der Waals surface area contributed by atoms with Gasteiger partial charge in [-0.15, -0.1) is 11.8 Å². The van der Waals surface area contributed by atoms with E-state index >= 15 is 0 Å². The van der Waals surface area contributed by atoms with Crippen molar-refractivity contribution in [1.82, 2.24) is 0 Å². The molecule has 1 heterocycles. The molecule has 0 N–H and O–H groups in total. The van der Waals surface area contributed by atoms with Crippen LogP contribution >= 0.6 is 11.8 Å². The van der Waals surface area contributed by atoms with Gasteiger partial charge >= 0.3 is 0 Å². The van der Waals surface area contributed by atoms with E-state index in [4.69, 9.17) is 4.74 Å². The molecule has 74 valence electrons. The Hall–Kier alpha value is -0.210. The Kier molecular flexibility index (Phi) is 4.07. The van der Waals surface area contributed by atoms with Crippen molar-refractivity contribution in [2.24, 2.45) is 5.92 Å². The highest BCUT2D eigenvalue weighted by Crippen LogP contribution is 2.32.